The van der Waals surface area contributed by atoms with Gasteiger partial charge in [0.2, 0.25) is 0 Å². The molecule has 2 aromatic carbocycles. The molecular weight excluding hydrogens is 511 g/mol. The highest BCUT2D eigenvalue weighted by atomic mass is 35.5. The Bertz CT molecular complexity index is 1400. The molecule has 3 rings (SSSR count). The molecule has 3 aromatic rings. The molecule has 13 heteroatoms. The van der Waals surface area contributed by atoms with Crippen molar-refractivity contribution in [1.29, 1.82) is 10.7 Å². The molecule has 0 fully saturated rings. The predicted molar refractivity (Wildman–Crippen MR) is 130 cm³/mol. The predicted octanol–water partition coefficient (Wildman–Crippen LogP) is 5.64. The number of halogens is 4. The lowest BCUT2D eigenvalue weighted by Gasteiger charge is -2.21. The number of hydrogen-bond acceptors (Lipinski definition) is 6. The largest absolute Gasteiger partial charge is 0.491 e. The van der Waals surface area contributed by atoms with Gasteiger partial charge in [0, 0.05) is 41.4 Å². The number of ether oxygens (including phenoxy) is 1. The van der Waals surface area contributed by atoms with Gasteiger partial charge in [-0.15, -0.1) is 5.11 Å². The van der Waals surface area contributed by atoms with E-state index in [1.54, 1.807) is 30.3 Å². The fraction of sp³-hybridized carbons (Fsp3) is 0.167. The lowest BCUT2D eigenvalue weighted by Crippen LogP contribution is -2.27. The number of rotatable bonds is 7. The van der Waals surface area contributed by atoms with E-state index in [1.807, 2.05) is 0 Å². The highest BCUT2D eigenvalue weighted by molar-refractivity contribution is 6.33. The van der Waals surface area contributed by atoms with E-state index in [-0.39, 0.29) is 46.1 Å². The van der Waals surface area contributed by atoms with Gasteiger partial charge < -0.3 is 15.5 Å². The van der Waals surface area contributed by atoms with Gasteiger partial charge in [-0.3, -0.25) is 15.2 Å². The summed E-state index contributed by atoms with van der Waals surface area (Å²) >= 11 is 6.28. The Kier molecular flexibility index (Phi) is 8.41. The van der Waals surface area contributed by atoms with E-state index in [0.717, 1.165) is 6.20 Å². The minimum atomic E-state index is -4.72. The monoisotopic (exact) mass is 529 g/mol. The Labute approximate surface area is 214 Å². The average Bonchev–Trinajstić information content (AvgIpc) is 2.87. The van der Waals surface area contributed by atoms with Crippen LogP contribution < -0.4 is 15.5 Å². The second-order valence-corrected chi connectivity index (χ2v) is 7.92. The number of hydrogen-bond donors (Lipinski definition) is 2. The number of nitrogens with two attached hydrogens (primary N) is 1. The molecule has 0 spiro atoms. The maximum Gasteiger partial charge on any atom is 0.433 e. The van der Waals surface area contributed by atoms with Crippen LogP contribution in [0.1, 0.15) is 28.0 Å². The first-order valence-corrected chi connectivity index (χ1v) is 10.9. The standard InChI is InChI=1S/C24H19ClF3N7O2/c1-35(19-4-2-3-5-20(19)37-9-8-22(30)33-34-31)23(36)14-6-7-18(25)16(10-14)17-13-32-21(24(26,27)28)11-15(17)12-29/h2-7,10-11,13H,8-9H2,1H3,(H3,30,31,33). The molecule has 0 atom stereocenters. The Morgan fingerprint density at radius 1 is 1.24 bits per heavy atom. The molecule has 0 bridgehead atoms. The fourth-order valence-electron chi connectivity index (χ4n) is 3.32. The van der Waals surface area contributed by atoms with E-state index in [4.69, 9.17) is 27.6 Å². The van der Waals surface area contributed by atoms with Crippen LogP contribution in [0, 0.1) is 16.7 Å². The Morgan fingerprint density at radius 3 is 2.65 bits per heavy atom. The maximum atomic E-state index is 13.3. The second-order valence-electron chi connectivity index (χ2n) is 7.51. The molecule has 1 aromatic heterocycles. The summed E-state index contributed by atoms with van der Waals surface area (Å²) in [5, 5.41) is 23.6. The van der Waals surface area contributed by atoms with Crippen LogP contribution in [0.25, 0.3) is 11.1 Å². The maximum absolute atomic E-state index is 13.3. The number of aromatic nitrogens is 1. The zero-order valence-electron chi connectivity index (χ0n) is 19.3. The van der Waals surface area contributed by atoms with Crippen LogP contribution in [0.5, 0.6) is 5.75 Å². The topological polar surface area (TPSA) is 141 Å². The van der Waals surface area contributed by atoms with E-state index >= 15 is 0 Å². The molecule has 0 saturated heterocycles. The van der Waals surface area contributed by atoms with Gasteiger partial charge in [0.05, 0.1) is 23.9 Å². The van der Waals surface area contributed by atoms with Gasteiger partial charge in [0.15, 0.2) is 0 Å². The van der Waals surface area contributed by atoms with Crippen LogP contribution in [-0.4, -0.2) is 30.4 Å². The highest BCUT2D eigenvalue weighted by Crippen LogP contribution is 2.35. The summed E-state index contributed by atoms with van der Waals surface area (Å²) in [6, 6.07) is 13.3. The number of carbonyl (C=O) groups excluding carboxylic acids is 1. The van der Waals surface area contributed by atoms with E-state index in [1.165, 1.54) is 30.1 Å². The second kappa shape index (κ2) is 11.5. The molecule has 190 valence electrons. The SMILES string of the molecule is CN(C(=O)c1ccc(Cl)c(-c2cnc(C(F)(F)F)cc2C#N)c1)c1ccccc1OCCC(=N)N=NN. The summed E-state index contributed by atoms with van der Waals surface area (Å²) in [5.41, 5.74) is -0.695. The van der Waals surface area contributed by atoms with Gasteiger partial charge in [-0.25, -0.2) is 0 Å². The lowest BCUT2D eigenvalue weighted by atomic mass is 9.99. The van der Waals surface area contributed by atoms with Crippen molar-refractivity contribution in [2.45, 2.75) is 12.6 Å². The van der Waals surface area contributed by atoms with Crippen LogP contribution in [0.3, 0.4) is 0 Å². The van der Waals surface area contributed by atoms with Gasteiger partial charge in [-0.2, -0.15) is 18.4 Å². The number of para-hydroxylation sites is 2. The lowest BCUT2D eigenvalue weighted by molar-refractivity contribution is -0.141. The number of nitrogens with zero attached hydrogens (tertiary/aromatic N) is 5. The van der Waals surface area contributed by atoms with Gasteiger partial charge in [0.25, 0.3) is 5.91 Å². The molecule has 3 N–H and O–H groups in total. The van der Waals surface area contributed by atoms with E-state index in [0.29, 0.717) is 17.5 Å². The third-order valence-corrected chi connectivity index (χ3v) is 5.45. The van der Waals surface area contributed by atoms with Crippen molar-refractivity contribution in [1.82, 2.24) is 4.98 Å². The number of amidine groups is 1. The van der Waals surface area contributed by atoms with Crippen molar-refractivity contribution in [3.63, 3.8) is 0 Å². The number of nitrogens with one attached hydrogen (secondary N) is 1. The number of alkyl halides is 3. The normalized spacial score (nSPS) is 11.2. The quantitative estimate of drug-likeness (QED) is 0.134. The number of nitriles is 1. The van der Waals surface area contributed by atoms with Crippen LogP contribution in [0.15, 0.2) is 65.1 Å². The summed E-state index contributed by atoms with van der Waals surface area (Å²) in [4.78, 5) is 18.1. The molecule has 37 heavy (non-hydrogen) atoms. The van der Waals surface area contributed by atoms with E-state index in [9.17, 15) is 23.2 Å². The van der Waals surface area contributed by atoms with Crippen molar-refractivity contribution in [3.05, 3.63) is 76.6 Å². The number of anilines is 1. The van der Waals surface area contributed by atoms with Gasteiger partial charge in [0.1, 0.15) is 17.3 Å². The minimum Gasteiger partial charge on any atom is -0.491 e. The Morgan fingerprint density at radius 2 is 1.97 bits per heavy atom. The summed E-state index contributed by atoms with van der Waals surface area (Å²) in [6.07, 6.45) is -3.68. The number of amides is 1. The molecule has 0 aliphatic carbocycles. The summed E-state index contributed by atoms with van der Waals surface area (Å²) < 4.78 is 44.8. The van der Waals surface area contributed by atoms with Crippen molar-refractivity contribution >= 4 is 29.0 Å². The average molecular weight is 530 g/mol. The summed E-state index contributed by atoms with van der Waals surface area (Å²) in [5.74, 6) is 4.73. The summed E-state index contributed by atoms with van der Waals surface area (Å²) in [7, 11) is 1.52. The van der Waals surface area contributed by atoms with Crippen LogP contribution in [0.2, 0.25) is 5.02 Å². The fourth-order valence-corrected chi connectivity index (χ4v) is 3.54. The Hall–Kier alpha value is -4.50. The van der Waals surface area contributed by atoms with Crippen molar-refractivity contribution < 1.29 is 22.7 Å². The molecule has 0 unspecified atom stereocenters. The Balaban J connectivity index is 1.91. The minimum absolute atomic E-state index is 0.0543. The zero-order valence-corrected chi connectivity index (χ0v) is 20.0. The molecule has 0 radical (unpaired) electrons. The number of benzene rings is 2. The van der Waals surface area contributed by atoms with Crippen LogP contribution >= 0.6 is 11.6 Å². The number of pyridine rings is 1. The third-order valence-electron chi connectivity index (χ3n) is 5.12. The van der Waals surface area contributed by atoms with Crippen molar-refractivity contribution in [2.75, 3.05) is 18.6 Å². The molecule has 0 aliphatic heterocycles. The molecule has 0 aliphatic rings. The highest BCUT2D eigenvalue weighted by Gasteiger charge is 2.33. The van der Waals surface area contributed by atoms with Crippen molar-refractivity contribution in [2.24, 2.45) is 16.2 Å². The van der Waals surface area contributed by atoms with Gasteiger partial charge in [-0.05, 0) is 36.4 Å². The molecule has 1 amide bonds. The third kappa shape index (κ3) is 6.39. The summed E-state index contributed by atoms with van der Waals surface area (Å²) in [6.45, 7) is 0.0832. The van der Waals surface area contributed by atoms with E-state index in [2.05, 4.69) is 15.3 Å². The first-order chi connectivity index (χ1) is 17.6. The van der Waals surface area contributed by atoms with Crippen molar-refractivity contribution in [3.8, 4) is 22.9 Å². The molecule has 9 nitrogen and oxygen atoms in total. The zero-order chi connectivity index (χ0) is 27.2. The van der Waals surface area contributed by atoms with Gasteiger partial charge >= 0.3 is 6.18 Å². The van der Waals surface area contributed by atoms with Crippen LogP contribution in [-0.2, 0) is 6.18 Å². The first-order valence-electron chi connectivity index (χ1n) is 10.5. The number of carbonyl (C=O) groups is 1. The molecular formula is C24H19ClF3N7O2. The van der Waals surface area contributed by atoms with E-state index < -0.39 is 17.8 Å². The molecule has 1 heterocycles. The molecule has 0 saturated carbocycles. The van der Waals surface area contributed by atoms with Crippen LogP contribution in [0.4, 0.5) is 18.9 Å². The van der Waals surface area contributed by atoms with Gasteiger partial charge in [-0.1, -0.05) is 29.0 Å². The first kappa shape index (κ1) is 27.1. The smallest absolute Gasteiger partial charge is 0.433 e.